The van der Waals surface area contributed by atoms with Crippen molar-refractivity contribution in [3.05, 3.63) is 29.8 Å². The van der Waals surface area contributed by atoms with Crippen molar-refractivity contribution >= 4 is 30.5 Å². The summed E-state index contributed by atoms with van der Waals surface area (Å²) in [7, 11) is 0. The molecule has 0 fully saturated rings. The molecule has 0 bridgehead atoms. The Bertz CT molecular complexity index is 696. The molecular formula is C20H30ClNO7. The van der Waals surface area contributed by atoms with Gasteiger partial charge < -0.3 is 15.2 Å². The van der Waals surface area contributed by atoms with Gasteiger partial charge in [-0.05, 0) is 65.2 Å². The smallest absolute Gasteiger partial charge is 0.428 e. The van der Waals surface area contributed by atoms with Crippen LogP contribution in [-0.4, -0.2) is 29.7 Å². The molecule has 9 heteroatoms. The summed E-state index contributed by atoms with van der Waals surface area (Å²) in [6.45, 7) is 10.4. The molecule has 1 aromatic rings. The Morgan fingerprint density at radius 1 is 1.00 bits per heavy atom. The third-order valence-corrected chi connectivity index (χ3v) is 3.91. The Labute approximate surface area is 177 Å². The molecule has 1 aromatic carbocycles. The zero-order chi connectivity index (χ0) is 21.5. The third-order valence-electron chi connectivity index (χ3n) is 3.91. The van der Waals surface area contributed by atoms with E-state index in [-0.39, 0.29) is 18.8 Å². The average molecular weight is 432 g/mol. The van der Waals surface area contributed by atoms with E-state index in [9.17, 15) is 14.4 Å². The molecule has 0 amide bonds. The van der Waals surface area contributed by atoms with Gasteiger partial charge in [0.25, 0.3) is 0 Å². The number of hydrogen-bond donors (Lipinski definition) is 1. The highest BCUT2D eigenvalue weighted by atomic mass is 35.5. The zero-order valence-electron chi connectivity index (χ0n) is 17.6. The fourth-order valence-electron chi connectivity index (χ4n) is 1.80. The molecule has 1 atom stereocenters. The third kappa shape index (κ3) is 9.62. The number of halogens is 1. The normalized spacial score (nSPS) is 12.2. The predicted octanol–water partition coefficient (Wildman–Crippen LogP) is 3.73. The standard InChI is InChI=1S/C20H29NO7.ClH/c1-7-20(5,6)17(23)28-27-16(22)15(21)12-13-8-10-14(11-9-13)25-18(24)26-19(2,3)4;/h8-11,15H,7,12,21H2,1-6H3;1H. The monoisotopic (exact) mass is 431 g/mol. The summed E-state index contributed by atoms with van der Waals surface area (Å²) in [4.78, 5) is 44.5. The van der Waals surface area contributed by atoms with Crippen LogP contribution in [-0.2, 0) is 30.5 Å². The van der Waals surface area contributed by atoms with Crippen LogP contribution < -0.4 is 10.5 Å². The largest absolute Gasteiger partial charge is 0.514 e. The molecule has 29 heavy (non-hydrogen) atoms. The number of carbonyl (C=O) groups is 3. The van der Waals surface area contributed by atoms with E-state index in [0.29, 0.717) is 17.7 Å². The topological polar surface area (TPSA) is 114 Å². The first-order valence-electron chi connectivity index (χ1n) is 9.02. The van der Waals surface area contributed by atoms with Crippen molar-refractivity contribution in [3.8, 4) is 5.75 Å². The van der Waals surface area contributed by atoms with Crippen molar-refractivity contribution in [2.24, 2.45) is 11.1 Å². The van der Waals surface area contributed by atoms with E-state index >= 15 is 0 Å². The zero-order valence-corrected chi connectivity index (χ0v) is 18.5. The first-order valence-corrected chi connectivity index (χ1v) is 9.02. The summed E-state index contributed by atoms with van der Waals surface area (Å²) >= 11 is 0. The maximum absolute atomic E-state index is 11.9. The molecule has 0 aromatic heterocycles. The van der Waals surface area contributed by atoms with Crippen molar-refractivity contribution in [3.63, 3.8) is 0 Å². The van der Waals surface area contributed by atoms with E-state index in [1.807, 2.05) is 6.92 Å². The Balaban J connectivity index is 0.00000784. The molecule has 8 nitrogen and oxygen atoms in total. The van der Waals surface area contributed by atoms with Gasteiger partial charge in [-0.15, -0.1) is 12.4 Å². The number of rotatable bonds is 6. The molecule has 0 radical (unpaired) electrons. The highest BCUT2D eigenvalue weighted by molar-refractivity contribution is 5.85. The first kappa shape index (κ1) is 26.7. The van der Waals surface area contributed by atoms with E-state index in [0.717, 1.165) is 0 Å². The maximum atomic E-state index is 11.9. The van der Waals surface area contributed by atoms with Crippen LogP contribution in [0.1, 0.15) is 53.5 Å². The van der Waals surface area contributed by atoms with Gasteiger partial charge >= 0.3 is 18.1 Å². The van der Waals surface area contributed by atoms with Crippen molar-refractivity contribution in [2.45, 2.75) is 66.0 Å². The van der Waals surface area contributed by atoms with E-state index in [1.54, 1.807) is 58.9 Å². The summed E-state index contributed by atoms with van der Waals surface area (Å²) < 4.78 is 10.1. The number of carbonyl (C=O) groups excluding carboxylic acids is 3. The predicted molar refractivity (Wildman–Crippen MR) is 108 cm³/mol. The van der Waals surface area contributed by atoms with E-state index in [2.05, 4.69) is 9.78 Å². The molecule has 1 rings (SSSR count). The number of nitrogens with two attached hydrogens (primary N) is 1. The SMILES string of the molecule is CCC(C)(C)C(=O)OOC(=O)C(N)Cc1ccc(OC(=O)OC(C)(C)C)cc1.Cl. The van der Waals surface area contributed by atoms with Gasteiger partial charge in [-0.25, -0.2) is 24.2 Å². The van der Waals surface area contributed by atoms with Gasteiger partial charge in [0.05, 0.1) is 5.41 Å². The van der Waals surface area contributed by atoms with Crippen LogP contribution in [0.15, 0.2) is 24.3 Å². The summed E-state index contributed by atoms with van der Waals surface area (Å²) in [5, 5.41) is 0. The van der Waals surface area contributed by atoms with Gasteiger partial charge in [-0.3, -0.25) is 0 Å². The molecule has 1 unspecified atom stereocenters. The van der Waals surface area contributed by atoms with Gasteiger partial charge in [0, 0.05) is 0 Å². The minimum Gasteiger partial charge on any atom is -0.428 e. The molecule has 0 aliphatic carbocycles. The van der Waals surface area contributed by atoms with Crippen LogP contribution in [0.2, 0.25) is 0 Å². The highest BCUT2D eigenvalue weighted by Gasteiger charge is 2.30. The fraction of sp³-hybridized carbons (Fsp3) is 0.550. The minimum atomic E-state index is -1.02. The van der Waals surface area contributed by atoms with Gasteiger partial charge in [-0.2, -0.15) is 0 Å². The van der Waals surface area contributed by atoms with E-state index in [4.69, 9.17) is 15.2 Å². The lowest BCUT2D eigenvalue weighted by molar-refractivity contribution is -0.266. The molecule has 0 saturated heterocycles. The number of benzene rings is 1. The lowest BCUT2D eigenvalue weighted by Gasteiger charge is -2.19. The average Bonchev–Trinajstić information content (AvgIpc) is 2.59. The molecule has 164 valence electrons. The Morgan fingerprint density at radius 3 is 2.03 bits per heavy atom. The fourth-order valence-corrected chi connectivity index (χ4v) is 1.80. The first-order chi connectivity index (χ1) is 12.8. The van der Waals surface area contributed by atoms with Crippen molar-refractivity contribution in [1.29, 1.82) is 0 Å². The lowest BCUT2D eigenvalue weighted by Crippen LogP contribution is -2.36. The summed E-state index contributed by atoms with van der Waals surface area (Å²) in [6.07, 6.45) is -0.120. The van der Waals surface area contributed by atoms with Crippen LogP contribution in [0.3, 0.4) is 0 Å². The van der Waals surface area contributed by atoms with Crippen molar-refractivity contribution in [2.75, 3.05) is 0 Å². The van der Waals surface area contributed by atoms with Crippen molar-refractivity contribution < 1.29 is 33.6 Å². The van der Waals surface area contributed by atoms with E-state index < -0.39 is 35.2 Å². The van der Waals surface area contributed by atoms with Gasteiger partial charge in [0.2, 0.25) is 0 Å². The number of ether oxygens (including phenoxy) is 2. The highest BCUT2D eigenvalue weighted by Crippen LogP contribution is 2.21. The summed E-state index contributed by atoms with van der Waals surface area (Å²) in [5.74, 6) is -1.20. The van der Waals surface area contributed by atoms with Crippen molar-refractivity contribution in [1.82, 2.24) is 0 Å². The molecule has 2 N–H and O–H groups in total. The van der Waals surface area contributed by atoms with Crippen LogP contribution in [0, 0.1) is 5.41 Å². The number of hydrogen-bond acceptors (Lipinski definition) is 8. The Kier molecular flexibility index (Phi) is 10.1. The van der Waals surface area contributed by atoms with Gasteiger partial charge in [-0.1, -0.05) is 19.1 Å². The Morgan fingerprint density at radius 2 is 1.55 bits per heavy atom. The van der Waals surface area contributed by atoms with Crippen LogP contribution in [0.5, 0.6) is 5.75 Å². The van der Waals surface area contributed by atoms with Crippen LogP contribution in [0.25, 0.3) is 0 Å². The molecule has 0 heterocycles. The summed E-state index contributed by atoms with van der Waals surface area (Å²) in [5.41, 5.74) is 5.10. The second kappa shape index (κ2) is 11.0. The molecule has 0 saturated carbocycles. The minimum absolute atomic E-state index is 0. The second-order valence-electron chi connectivity index (χ2n) is 8.03. The lowest BCUT2D eigenvalue weighted by atomic mass is 9.91. The van der Waals surface area contributed by atoms with Crippen LogP contribution >= 0.6 is 12.4 Å². The van der Waals surface area contributed by atoms with Gasteiger partial charge in [0.1, 0.15) is 17.4 Å². The molecule has 0 spiro atoms. The van der Waals surface area contributed by atoms with Gasteiger partial charge in [0.15, 0.2) is 0 Å². The van der Waals surface area contributed by atoms with Crippen LogP contribution in [0.4, 0.5) is 4.79 Å². The quantitative estimate of drug-likeness (QED) is 0.313. The second-order valence-corrected chi connectivity index (χ2v) is 8.03. The molecule has 0 aliphatic heterocycles. The Hall–Kier alpha value is -2.32. The molecule has 0 aliphatic rings. The molecular weight excluding hydrogens is 402 g/mol. The summed E-state index contributed by atoms with van der Waals surface area (Å²) in [6, 6.07) is 5.40. The van der Waals surface area contributed by atoms with E-state index in [1.165, 1.54) is 0 Å². The maximum Gasteiger partial charge on any atom is 0.514 e.